The van der Waals surface area contributed by atoms with Gasteiger partial charge in [-0.25, -0.2) is 4.98 Å². The zero-order valence-electron chi connectivity index (χ0n) is 14.8. The molecule has 2 aliphatic rings. The van der Waals surface area contributed by atoms with Gasteiger partial charge in [0.05, 0.1) is 0 Å². The Morgan fingerprint density at radius 3 is 2.50 bits per heavy atom. The predicted octanol–water partition coefficient (Wildman–Crippen LogP) is 0.803. The second-order valence-electron chi connectivity index (χ2n) is 7.03. The van der Waals surface area contributed by atoms with Gasteiger partial charge >= 0.3 is 0 Å². The second kappa shape index (κ2) is 7.94. The first-order chi connectivity index (χ1) is 11.6. The Morgan fingerprint density at radius 2 is 1.88 bits per heavy atom. The van der Waals surface area contributed by atoms with Crippen molar-refractivity contribution in [2.75, 3.05) is 50.7 Å². The quantitative estimate of drug-likeness (QED) is 0.885. The maximum absolute atomic E-state index is 12.5. The Kier molecular flexibility index (Phi) is 5.68. The summed E-state index contributed by atoms with van der Waals surface area (Å²) in [5, 5.41) is 3.47. The van der Waals surface area contributed by atoms with E-state index in [2.05, 4.69) is 40.0 Å². The minimum atomic E-state index is 0.294. The number of amides is 1. The van der Waals surface area contributed by atoms with E-state index in [9.17, 15) is 4.79 Å². The third kappa shape index (κ3) is 4.45. The molecule has 2 fully saturated rings. The highest BCUT2D eigenvalue weighted by Crippen LogP contribution is 2.13. The molecule has 1 aromatic rings. The molecule has 2 aliphatic heterocycles. The molecular formula is C18H29N5O. The lowest BCUT2D eigenvalue weighted by Gasteiger charge is -2.38. The molecule has 1 N–H and O–H groups in total. The average Bonchev–Trinajstić information content (AvgIpc) is 2.60. The zero-order chi connectivity index (χ0) is 16.9. The van der Waals surface area contributed by atoms with Crippen molar-refractivity contribution in [3.05, 3.63) is 24.4 Å². The summed E-state index contributed by atoms with van der Waals surface area (Å²) in [5.41, 5.74) is 0. The van der Waals surface area contributed by atoms with Crippen LogP contribution in [0.15, 0.2) is 24.4 Å². The van der Waals surface area contributed by atoms with Gasteiger partial charge in [-0.2, -0.15) is 0 Å². The maximum atomic E-state index is 12.5. The minimum absolute atomic E-state index is 0.294. The number of nitrogens with zero attached hydrogens (tertiary/aromatic N) is 4. The lowest BCUT2D eigenvalue weighted by molar-refractivity contribution is -0.133. The third-order valence-electron chi connectivity index (χ3n) is 4.90. The summed E-state index contributed by atoms with van der Waals surface area (Å²) in [7, 11) is 0. The first-order valence-electron chi connectivity index (χ1n) is 9.04. The van der Waals surface area contributed by atoms with Crippen LogP contribution in [0.4, 0.5) is 5.82 Å². The zero-order valence-corrected chi connectivity index (χ0v) is 14.8. The molecule has 0 bridgehead atoms. The highest BCUT2D eigenvalue weighted by Gasteiger charge is 2.25. The highest BCUT2D eigenvalue weighted by atomic mass is 16.2. The lowest BCUT2D eigenvalue weighted by Crippen LogP contribution is -2.56. The fourth-order valence-corrected chi connectivity index (χ4v) is 3.68. The van der Waals surface area contributed by atoms with Gasteiger partial charge in [0.25, 0.3) is 0 Å². The van der Waals surface area contributed by atoms with Crippen LogP contribution < -0.4 is 10.2 Å². The molecule has 6 heteroatoms. The van der Waals surface area contributed by atoms with Crippen LogP contribution in [0.25, 0.3) is 0 Å². The van der Waals surface area contributed by atoms with E-state index in [4.69, 9.17) is 0 Å². The number of nitrogens with one attached hydrogen (secondary N) is 1. The fourth-order valence-electron chi connectivity index (χ4n) is 3.68. The molecule has 2 saturated heterocycles. The molecule has 1 amide bonds. The number of rotatable bonds is 4. The van der Waals surface area contributed by atoms with Crippen molar-refractivity contribution in [2.24, 2.45) is 0 Å². The van der Waals surface area contributed by atoms with E-state index in [0.29, 0.717) is 24.4 Å². The summed E-state index contributed by atoms with van der Waals surface area (Å²) >= 11 is 0. The van der Waals surface area contributed by atoms with Crippen LogP contribution in [0.5, 0.6) is 0 Å². The summed E-state index contributed by atoms with van der Waals surface area (Å²) in [4.78, 5) is 23.6. The van der Waals surface area contributed by atoms with Crippen molar-refractivity contribution in [3.63, 3.8) is 0 Å². The van der Waals surface area contributed by atoms with Crippen molar-refractivity contribution >= 4 is 11.7 Å². The van der Waals surface area contributed by atoms with Crippen LogP contribution in [-0.4, -0.2) is 78.6 Å². The molecule has 0 aliphatic carbocycles. The molecule has 6 nitrogen and oxygen atoms in total. The van der Waals surface area contributed by atoms with E-state index >= 15 is 0 Å². The lowest BCUT2D eigenvalue weighted by atomic mass is 10.1. The maximum Gasteiger partial charge on any atom is 0.223 e. The third-order valence-corrected chi connectivity index (χ3v) is 4.90. The summed E-state index contributed by atoms with van der Waals surface area (Å²) in [6.45, 7) is 10.8. The predicted molar refractivity (Wildman–Crippen MR) is 96.1 cm³/mol. The van der Waals surface area contributed by atoms with Gasteiger partial charge in [-0.1, -0.05) is 6.07 Å². The number of carbonyl (C=O) groups is 1. The molecule has 3 rings (SSSR count). The number of aromatic nitrogens is 1. The van der Waals surface area contributed by atoms with Gasteiger partial charge in [0.1, 0.15) is 5.82 Å². The molecule has 0 unspecified atom stereocenters. The number of piperazine rings is 2. The monoisotopic (exact) mass is 331 g/mol. The normalized spacial score (nSPS) is 25.8. The number of anilines is 1. The van der Waals surface area contributed by atoms with Gasteiger partial charge in [-0.15, -0.1) is 0 Å². The van der Waals surface area contributed by atoms with Crippen molar-refractivity contribution in [1.29, 1.82) is 0 Å². The largest absolute Gasteiger partial charge is 0.354 e. The van der Waals surface area contributed by atoms with Crippen LogP contribution in [0.3, 0.4) is 0 Å². The Hall–Kier alpha value is -1.66. The summed E-state index contributed by atoms with van der Waals surface area (Å²) in [6, 6.07) is 6.82. The molecule has 3 heterocycles. The van der Waals surface area contributed by atoms with Crippen molar-refractivity contribution in [3.8, 4) is 0 Å². The van der Waals surface area contributed by atoms with Gasteiger partial charge in [0.2, 0.25) is 5.91 Å². The Bertz CT molecular complexity index is 519. The van der Waals surface area contributed by atoms with E-state index in [1.165, 1.54) is 0 Å². The molecule has 24 heavy (non-hydrogen) atoms. The first kappa shape index (κ1) is 17.2. The van der Waals surface area contributed by atoms with Crippen molar-refractivity contribution < 1.29 is 4.79 Å². The van der Waals surface area contributed by atoms with Crippen molar-refractivity contribution in [1.82, 2.24) is 20.1 Å². The van der Waals surface area contributed by atoms with Crippen LogP contribution in [0, 0.1) is 0 Å². The highest BCUT2D eigenvalue weighted by molar-refractivity contribution is 5.76. The van der Waals surface area contributed by atoms with Gasteiger partial charge in [-0.05, 0) is 26.0 Å². The minimum Gasteiger partial charge on any atom is -0.354 e. The smallest absolute Gasteiger partial charge is 0.223 e. The topological polar surface area (TPSA) is 51.7 Å². The number of hydrogen-bond acceptors (Lipinski definition) is 5. The van der Waals surface area contributed by atoms with Crippen LogP contribution in [0.1, 0.15) is 20.3 Å². The van der Waals surface area contributed by atoms with Crippen LogP contribution in [-0.2, 0) is 4.79 Å². The van der Waals surface area contributed by atoms with Crippen LogP contribution >= 0.6 is 0 Å². The standard InChI is InChI=1S/C18H29N5O/c1-15-13-23(14-16(2)20-15)18(24)6-8-21-9-11-22(12-10-21)17-5-3-4-7-19-17/h3-5,7,15-16,20H,6,8-14H2,1-2H3/t15-,16-/m0/s1. The van der Waals surface area contributed by atoms with Gasteiger partial charge < -0.3 is 15.1 Å². The average molecular weight is 331 g/mol. The molecule has 2 atom stereocenters. The molecule has 0 aromatic carbocycles. The van der Waals surface area contributed by atoms with Gasteiger partial charge in [-0.3, -0.25) is 9.69 Å². The summed E-state index contributed by atoms with van der Waals surface area (Å²) < 4.78 is 0. The van der Waals surface area contributed by atoms with E-state index in [-0.39, 0.29) is 0 Å². The number of pyridine rings is 1. The molecule has 0 spiro atoms. The fraction of sp³-hybridized carbons (Fsp3) is 0.667. The number of hydrogen-bond donors (Lipinski definition) is 1. The van der Waals surface area contributed by atoms with Crippen LogP contribution in [0.2, 0.25) is 0 Å². The molecule has 0 radical (unpaired) electrons. The first-order valence-corrected chi connectivity index (χ1v) is 9.04. The second-order valence-corrected chi connectivity index (χ2v) is 7.03. The van der Waals surface area contributed by atoms with E-state index < -0.39 is 0 Å². The Balaban J connectivity index is 1.41. The van der Waals surface area contributed by atoms with E-state index in [1.54, 1.807) is 0 Å². The van der Waals surface area contributed by atoms with E-state index in [1.807, 2.05) is 23.2 Å². The number of carbonyl (C=O) groups excluding carboxylic acids is 1. The molecule has 0 saturated carbocycles. The molecule has 132 valence electrons. The summed E-state index contributed by atoms with van der Waals surface area (Å²) in [6.07, 6.45) is 2.47. The van der Waals surface area contributed by atoms with Crippen molar-refractivity contribution in [2.45, 2.75) is 32.4 Å². The SMILES string of the molecule is C[C@H]1CN(C(=O)CCN2CCN(c3ccccn3)CC2)C[C@H](C)N1. The van der Waals surface area contributed by atoms with Gasteiger partial charge in [0, 0.05) is 70.5 Å². The van der Waals surface area contributed by atoms with E-state index in [0.717, 1.165) is 51.6 Å². The van der Waals surface area contributed by atoms with Gasteiger partial charge in [0.15, 0.2) is 0 Å². The Morgan fingerprint density at radius 1 is 1.17 bits per heavy atom. The molecular weight excluding hydrogens is 302 g/mol. The summed E-state index contributed by atoms with van der Waals surface area (Å²) in [5.74, 6) is 1.35. The Labute approximate surface area is 144 Å². The molecule has 1 aromatic heterocycles.